The molecular weight excluding hydrogens is 415 g/mol. The molecule has 0 aromatic carbocycles. The smallest absolute Gasteiger partial charge is 0.345 e. The van der Waals surface area contributed by atoms with Gasteiger partial charge in [-0.25, -0.2) is 0 Å². The van der Waals surface area contributed by atoms with Gasteiger partial charge in [0.2, 0.25) is 0 Å². The fourth-order valence-electron chi connectivity index (χ4n) is 2.58. The van der Waals surface area contributed by atoms with Gasteiger partial charge < -0.3 is 23.3 Å². The first-order valence-corrected chi connectivity index (χ1v) is 12.3. The molecule has 0 saturated carbocycles. The monoisotopic (exact) mass is 452 g/mol. The lowest BCUT2D eigenvalue weighted by atomic mass is 10.0. The number of rotatable bonds is 17. The lowest BCUT2D eigenvalue weighted by molar-refractivity contribution is -0.159. The molecule has 0 spiro atoms. The summed E-state index contributed by atoms with van der Waals surface area (Å²) < 4.78 is 40.0. The van der Waals surface area contributed by atoms with Crippen molar-refractivity contribution in [2.24, 2.45) is 5.92 Å². The Morgan fingerprint density at radius 2 is 1.20 bits per heavy atom. The molecule has 0 aliphatic carbocycles. The van der Waals surface area contributed by atoms with Crippen LogP contribution in [0.5, 0.6) is 0 Å². The predicted molar refractivity (Wildman–Crippen MR) is 111 cm³/mol. The van der Waals surface area contributed by atoms with E-state index in [0.717, 1.165) is 12.8 Å². The predicted octanol–water partition coefficient (Wildman–Crippen LogP) is 3.88. The second-order valence-corrected chi connectivity index (χ2v) is 8.63. The van der Waals surface area contributed by atoms with Crippen LogP contribution >= 0.6 is 7.60 Å². The van der Waals surface area contributed by atoms with Crippen molar-refractivity contribution in [1.29, 1.82) is 0 Å². The third-order valence-corrected chi connectivity index (χ3v) is 6.41. The van der Waals surface area contributed by atoms with Crippen LogP contribution < -0.4 is 0 Å². The van der Waals surface area contributed by atoms with Crippen LogP contribution in [0.25, 0.3) is 0 Å². The van der Waals surface area contributed by atoms with Crippen molar-refractivity contribution in [1.82, 2.24) is 0 Å². The molecule has 0 saturated heterocycles. The molecule has 176 valence electrons. The molecule has 9 nitrogen and oxygen atoms in total. The molecular formula is C20H37O9P. The van der Waals surface area contributed by atoms with Crippen molar-refractivity contribution in [2.75, 3.05) is 33.0 Å². The van der Waals surface area contributed by atoms with E-state index in [0.29, 0.717) is 12.8 Å². The largest absolute Gasteiger partial charge is 0.466 e. The Kier molecular flexibility index (Phi) is 15.5. The van der Waals surface area contributed by atoms with Crippen LogP contribution in [0.4, 0.5) is 0 Å². The van der Waals surface area contributed by atoms with Crippen LogP contribution in [0.2, 0.25) is 0 Å². The van der Waals surface area contributed by atoms with Crippen LogP contribution in [0, 0.1) is 5.92 Å². The Labute approximate surface area is 179 Å². The van der Waals surface area contributed by atoms with Gasteiger partial charge in [-0.05, 0) is 33.6 Å². The van der Waals surface area contributed by atoms with E-state index in [2.05, 4.69) is 0 Å². The van der Waals surface area contributed by atoms with Crippen LogP contribution in [-0.2, 0) is 42.2 Å². The molecule has 30 heavy (non-hydrogen) atoms. The number of carbonyl (C=O) groups is 3. The quantitative estimate of drug-likeness (QED) is 0.140. The second-order valence-electron chi connectivity index (χ2n) is 6.48. The standard InChI is InChI=1S/C20H37O9P/c1-6-11-13-28-30(24,29-14-12-7-2)18(20(23)27-10-5)16(19(22)26-9-4)15-17(21)25-8-3/h16,18H,6-15H2,1-5H3. The summed E-state index contributed by atoms with van der Waals surface area (Å²) in [5.74, 6) is -3.94. The first-order chi connectivity index (χ1) is 14.3. The highest BCUT2D eigenvalue weighted by Gasteiger charge is 2.52. The summed E-state index contributed by atoms with van der Waals surface area (Å²) in [6.45, 7) is 8.90. The summed E-state index contributed by atoms with van der Waals surface area (Å²) in [6, 6.07) is 0. The van der Waals surface area contributed by atoms with Gasteiger partial charge in [-0.2, -0.15) is 0 Å². The second kappa shape index (κ2) is 16.3. The summed E-state index contributed by atoms with van der Waals surface area (Å²) in [6.07, 6.45) is 2.19. The maximum Gasteiger partial charge on any atom is 0.345 e. The normalized spacial score (nSPS) is 13.4. The number of unbranched alkanes of at least 4 members (excludes halogenated alkanes) is 2. The van der Waals surface area contributed by atoms with Gasteiger partial charge in [0, 0.05) is 0 Å². The van der Waals surface area contributed by atoms with E-state index >= 15 is 0 Å². The van der Waals surface area contributed by atoms with Crippen LogP contribution in [0.15, 0.2) is 0 Å². The number of hydrogen-bond acceptors (Lipinski definition) is 9. The van der Waals surface area contributed by atoms with E-state index in [9.17, 15) is 18.9 Å². The third kappa shape index (κ3) is 10.0. The van der Waals surface area contributed by atoms with E-state index in [1.807, 2.05) is 13.8 Å². The highest BCUT2D eigenvalue weighted by atomic mass is 31.2. The minimum atomic E-state index is -4.17. The van der Waals surface area contributed by atoms with Crippen molar-refractivity contribution in [2.45, 2.75) is 72.4 Å². The van der Waals surface area contributed by atoms with Crippen molar-refractivity contribution >= 4 is 25.5 Å². The maximum absolute atomic E-state index is 13.8. The molecule has 0 fully saturated rings. The number of ether oxygens (including phenoxy) is 3. The zero-order chi connectivity index (χ0) is 23.0. The first kappa shape index (κ1) is 28.6. The molecule has 0 aliphatic heterocycles. The first-order valence-electron chi connectivity index (χ1n) is 10.7. The molecule has 0 heterocycles. The summed E-state index contributed by atoms with van der Waals surface area (Å²) in [5.41, 5.74) is -1.63. The highest BCUT2D eigenvalue weighted by Crippen LogP contribution is 2.57. The number of carbonyl (C=O) groups excluding carboxylic acids is 3. The summed E-state index contributed by atoms with van der Waals surface area (Å²) in [5, 5.41) is 0. The van der Waals surface area contributed by atoms with E-state index in [4.69, 9.17) is 23.3 Å². The Morgan fingerprint density at radius 1 is 0.733 bits per heavy atom. The minimum absolute atomic E-state index is 0.00575. The Morgan fingerprint density at radius 3 is 1.63 bits per heavy atom. The van der Waals surface area contributed by atoms with Gasteiger partial charge in [0.05, 0.1) is 45.4 Å². The zero-order valence-corrected chi connectivity index (χ0v) is 19.7. The molecule has 0 N–H and O–H groups in total. The molecule has 2 atom stereocenters. The summed E-state index contributed by atoms with van der Waals surface area (Å²) >= 11 is 0. The number of esters is 3. The third-order valence-electron chi connectivity index (χ3n) is 4.07. The van der Waals surface area contributed by atoms with Crippen molar-refractivity contribution in [3.05, 3.63) is 0 Å². The average Bonchev–Trinajstić information content (AvgIpc) is 2.68. The Bertz CT molecular complexity index is 550. The Balaban J connectivity index is 6.14. The van der Waals surface area contributed by atoms with E-state index in [-0.39, 0.29) is 33.0 Å². The molecule has 0 bridgehead atoms. The SMILES string of the molecule is CCCCOP(=O)(OCCCC)C(C(=O)OCC)C(CC(=O)OCC)C(=O)OCC. The average molecular weight is 452 g/mol. The highest BCUT2D eigenvalue weighted by molar-refractivity contribution is 7.55. The minimum Gasteiger partial charge on any atom is -0.466 e. The van der Waals surface area contributed by atoms with Crippen LogP contribution in [0.1, 0.15) is 66.7 Å². The van der Waals surface area contributed by atoms with Gasteiger partial charge in [-0.3, -0.25) is 18.9 Å². The van der Waals surface area contributed by atoms with Gasteiger partial charge in [0.1, 0.15) is 0 Å². The molecule has 0 amide bonds. The van der Waals surface area contributed by atoms with Crippen molar-refractivity contribution < 1.29 is 42.2 Å². The summed E-state index contributed by atoms with van der Waals surface area (Å²) in [7, 11) is -4.17. The van der Waals surface area contributed by atoms with Gasteiger partial charge in [-0.1, -0.05) is 26.7 Å². The molecule has 0 aromatic rings. The molecule has 10 heteroatoms. The van der Waals surface area contributed by atoms with Gasteiger partial charge >= 0.3 is 25.5 Å². The van der Waals surface area contributed by atoms with Gasteiger partial charge in [-0.15, -0.1) is 0 Å². The number of hydrogen-bond donors (Lipinski definition) is 0. The van der Waals surface area contributed by atoms with E-state index < -0.39 is 43.5 Å². The van der Waals surface area contributed by atoms with Crippen molar-refractivity contribution in [3.8, 4) is 0 Å². The Hall–Kier alpha value is -1.44. The van der Waals surface area contributed by atoms with Crippen molar-refractivity contribution in [3.63, 3.8) is 0 Å². The van der Waals surface area contributed by atoms with Gasteiger partial charge in [0.15, 0.2) is 5.66 Å². The molecule has 0 rings (SSSR count). The fraction of sp³-hybridized carbons (Fsp3) is 0.850. The molecule has 0 aromatic heterocycles. The fourth-order valence-corrected chi connectivity index (χ4v) is 4.75. The van der Waals surface area contributed by atoms with Gasteiger partial charge in [0.25, 0.3) is 0 Å². The van der Waals surface area contributed by atoms with E-state index in [1.54, 1.807) is 20.8 Å². The molecule has 0 radical (unpaired) electrons. The van der Waals surface area contributed by atoms with Crippen LogP contribution in [0.3, 0.4) is 0 Å². The van der Waals surface area contributed by atoms with Crippen LogP contribution in [-0.4, -0.2) is 56.6 Å². The van der Waals surface area contributed by atoms with E-state index in [1.165, 1.54) is 0 Å². The topological polar surface area (TPSA) is 114 Å². The zero-order valence-electron chi connectivity index (χ0n) is 18.8. The molecule has 0 aliphatic rings. The summed E-state index contributed by atoms with van der Waals surface area (Å²) in [4.78, 5) is 37.6. The molecule has 2 unspecified atom stereocenters. The lowest BCUT2D eigenvalue weighted by Gasteiger charge is -2.30. The maximum atomic E-state index is 13.8. The lowest BCUT2D eigenvalue weighted by Crippen LogP contribution is -2.40.